The fourth-order valence-corrected chi connectivity index (χ4v) is 2.82. The molecule has 0 bridgehead atoms. The van der Waals surface area contributed by atoms with E-state index in [0.717, 1.165) is 5.56 Å². The van der Waals surface area contributed by atoms with Gasteiger partial charge in [-0.15, -0.1) is 0 Å². The number of ether oxygens (including phenoxy) is 4. The second kappa shape index (κ2) is 8.62. The van der Waals surface area contributed by atoms with Crippen LogP contribution in [0.1, 0.15) is 15.9 Å². The highest BCUT2D eigenvalue weighted by atomic mass is 16.6. The van der Waals surface area contributed by atoms with Gasteiger partial charge >= 0.3 is 0 Å². The van der Waals surface area contributed by atoms with Crippen LogP contribution in [0.15, 0.2) is 30.3 Å². The fraction of sp³-hybridized carbons (Fsp3) is 0.300. The molecule has 1 heterocycles. The Morgan fingerprint density at radius 2 is 1.75 bits per heavy atom. The van der Waals surface area contributed by atoms with Crippen LogP contribution in [0.4, 0.5) is 11.4 Å². The van der Waals surface area contributed by atoms with Gasteiger partial charge in [0, 0.05) is 24.4 Å². The number of methoxy groups -OCH3 is 2. The number of anilines is 2. The van der Waals surface area contributed by atoms with E-state index in [1.54, 1.807) is 30.3 Å². The summed E-state index contributed by atoms with van der Waals surface area (Å²) in [5, 5.41) is 5.52. The first-order valence-electron chi connectivity index (χ1n) is 8.70. The summed E-state index contributed by atoms with van der Waals surface area (Å²) in [6.07, 6.45) is 0. The number of amides is 2. The molecule has 0 spiro atoms. The first kappa shape index (κ1) is 19.5. The molecule has 0 atom stereocenters. The number of hydrogen-bond acceptors (Lipinski definition) is 6. The molecule has 148 valence electrons. The Bertz CT molecular complexity index is 897. The third-order valence-corrected chi connectivity index (χ3v) is 4.14. The summed E-state index contributed by atoms with van der Waals surface area (Å²) < 4.78 is 21.2. The maximum absolute atomic E-state index is 12.7. The third kappa shape index (κ3) is 4.34. The van der Waals surface area contributed by atoms with Crippen molar-refractivity contribution < 1.29 is 28.5 Å². The summed E-state index contributed by atoms with van der Waals surface area (Å²) in [4.78, 5) is 24.4. The van der Waals surface area contributed by atoms with Crippen molar-refractivity contribution in [2.75, 3.05) is 44.7 Å². The Hall–Kier alpha value is -3.26. The van der Waals surface area contributed by atoms with Crippen LogP contribution < -0.4 is 24.8 Å². The minimum Gasteiger partial charge on any atom is -0.494 e. The summed E-state index contributed by atoms with van der Waals surface area (Å²) in [6.45, 7) is 2.71. The van der Waals surface area contributed by atoms with Crippen LogP contribution in [0.25, 0.3) is 0 Å². The number of fused-ring (bicyclic) bond motifs is 1. The average molecular weight is 386 g/mol. The molecule has 0 aromatic heterocycles. The predicted octanol–water partition coefficient (Wildman–Crippen LogP) is 2.61. The number of hydrogen-bond donors (Lipinski definition) is 2. The summed E-state index contributed by atoms with van der Waals surface area (Å²) in [5.74, 6) is 1.02. The largest absolute Gasteiger partial charge is 0.494 e. The van der Waals surface area contributed by atoms with Gasteiger partial charge in [0.25, 0.3) is 5.91 Å². The van der Waals surface area contributed by atoms with Crippen molar-refractivity contribution in [3.63, 3.8) is 0 Å². The zero-order valence-corrected chi connectivity index (χ0v) is 16.0. The molecular formula is C20H22N2O6. The zero-order valence-electron chi connectivity index (χ0n) is 16.0. The van der Waals surface area contributed by atoms with Crippen molar-refractivity contribution in [3.05, 3.63) is 41.5 Å². The van der Waals surface area contributed by atoms with Gasteiger partial charge in [0.2, 0.25) is 5.91 Å². The highest BCUT2D eigenvalue weighted by Crippen LogP contribution is 2.34. The number of nitrogens with one attached hydrogen (secondary N) is 2. The van der Waals surface area contributed by atoms with Crippen molar-refractivity contribution in [1.29, 1.82) is 0 Å². The monoisotopic (exact) mass is 386 g/mol. The molecule has 2 aromatic rings. The van der Waals surface area contributed by atoms with Gasteiger partial charge in [0.1, 0.15) is 25.6 Å². The van der Waals surface area contributed by atoms with E-state index in [4.69, 9.17) is 18.9 Å². The van der Waals surface area contributed by atoms with E-state index in [0.29, 0.717) is 47.4 Å². The first-order valence-corrected chi connectivity index (χ1v) is 8.70. The number of benzene rings is 2. The van der Waals surface area contributed by atoms with Gasteiger partial charge in [0.15, 0.2) is 11.5 Å². The quantitative estimate of drug-likeness (QED) is 0.792. The van der Waals surface area contributed by atoms with E-state index < -0.39 is 0 Å². The van der Waals surface area contributed by atoms with E-state index in [9.17, 15) is 9.59 Å². The molecular weight excluding hydrogens is 364 g/mol. The lowest BCUT2D eigenvalue weighted by molar-refractivity contribution is -0.119. The molecule has 28 heavy (non-hydrogen) atoms. The molecule has 8 heteroatoms. The van der Waals surface area contributed by atoms with Gasteiger partial charge < -0.3 is 29.6 Å². The molecule has 1 aliphatic rings. The highest BCUT2D eigenvalue weighted by molar-refractivity contribution is 6.06. The van der Waals surface area contributed by atoms with Gasteiger partial charge in [-0.3, -0.25) is 9.59 Å². The lowest BCUT2D eigenvalue weighted by Gasteiger charge is -2.20. The predicted molar refractivity (Wildman–Crippen MR) is 104 cm³/mol. The van der Waals surface area contributed by atoms with Crippen molar-refractivity contribution in [1.82, 2.24) is 0 Å². The smallest absolute Gasteiger partial charge is 0.256 e. The summed E-state index contributed by atoms with van der Waals surface area (Å²) in [6, 6.07) is 8.43. The van der Waals surface area contributed by atoms with E-state index >= 15 is 0 Å². The number of rotatable bonds is 6. The minimum atomic E-state index is -0.301. The molecule has 8 nitrogen and oxygen atoms in total. The molecule has 0 saturated carbocycles. The van der Waals surface area contributed by atoms with Crippen LogP contribution in [-0.2, 0) is 9.53 Å². The molecule has 2 N–H and O–H groups in total. The molecule has 0 aliphatic carbocycles. The minimum absolute atomic E-state index is 0.0645. The first-order chi connectivity index (χ1) is 13.5. The van der Waals surface area contributed by atoms with Gasteiger partial charge in [-0.1, -0.05) is 0 Å². The van der Waals surface area contributed by atoms with Crippen LogP contribution in [0.2, 0.25) is 0 Å². The molecule has 1 aliphatic heterocycles. The Kier molecular flexibility index (Phi) is 6.00. The highest BCUT2D eigenvalue weighted by Gasteiger charge is 2.18. The fourth-order valence-electron chi connectivity index (χ4n) is 2.82. The Labute approximate surface area is 162 Å². The zero-order chi connectivity index (χ0) is 20.1. The lowest BCUT2D eigenvalue weighted by Crippen LogP contribution is -2.19. The van der Waals surface area contributed by atoms with Crippen LogP contribution in [0.5, 0.6) is 17.2 Å². The summed E-state index contributed by atoms with van der Waals surface area (Å²) >= 11 is 0. The SMILES string of the molecule is COCC(=O)Nc1ccc(NC(=O)c2cc3c(cc2C)OCCO3)cc1OC. The average Bonchev–Trinajstić information content (AvgIpc) is 2.68. The number of carbonyl (C=O) groups is 2. The maximum Gasteiger partial charge on any atom is 0.256 e. The van der Waals surface area contributed by atoms with Gasteiger partial charge in [-0.05, 0) is 36.8 Å². The van der Waals surface area contributed by atoms with E-state index in [-0.39, 0.29) is 18.4 Å². The van der Waals surface area contributed by atoms with Crippen molar-refractivity contribution in [2.24, 2.45) is 0 Å². The van der Waals surface area contributed by atoms with E-state index in [1.165, 1.54) is 14.2 Å². The van der Waals surface area contributed by atoms with Crippen LogP contribution in [-0.4, -0.2) is 45.9 Å². The second-order valence-corrected chi connectivity index (χ2v) is 6.16. The number of carbonyl (C=O) groups excluding carboxylic acids is 2. The van der Waals surface area contributed by atoms with Gasteiger partial charge in [-0.2, -0.15) is 0 Å². The normalized spacial score (nSPS) is 12.2. The van der Waals surface area contributed by atoms with E-state index in [2.05, 4.69) is 10.6 Å². The Balaban J connectivity index is 1.78. The molecule has 0 saturated heterocycles. The molecule has 2 aromatic carbocycles. The molecule has 0 unspecified atom stereocenters. The van der Waals surface area contributed by atoms with Gasteiger partial charge in [-0.25, -0.2) is 0 Å². The molecule has 2 amide bonds. The van der Waals surface area contributed by atoms with Crippen molar-refractivity contribution in [2.45, 2.75) is 6.92 Å². The van der Waals surface area contributed by atoms with Crippen molar-refractivity contribution >= 4 is 23.2 Å². The van der Waals surface area contributed by atoms with Crippen LogP contribution in [0.3, 0.4) is 0 Å². The van der Waals surface area contributed by atoms with Crippen molar-refractivity contribution in [3.8, 4) is 17.2 Å². The molecule has 0 radical (unpaired) electrons. The Morgan fingerprint density at radius 3 is 2.43 bits per heavy atom. The standard InChI is InChI=1S/C20H22N2O6/c1-12-8-17-18(28-7-6-27-17)10-14(12)20(24)21-13-4-5-15(16(9-13)26-3)22-19(23)11-25-2/h4-5,8-10H,6-7,11H2,1-3H3,(H,21,24)(H,22,23). The van der Waals surface area contributed by atoms with Crippen LogP contribution in [0, 0.1) is 6.92 Å². The Morgan fingerprint density at radius 1 is 1.04 bits per heavy atom. The third-order valence-electron chi connectivity index (χ3n) is 4.14. The summed E-state index contributed by atoms with van der Waals surface area (Å²) in [5.41, 5.74) is 2.27. The van der Waals surface area contributed by atoms with Gasteiger partial charge in [0.05, 0.1) is 12.8 Å². The second-order valence-electron chi connectivity index (χ2n) is 6.16. The van der Waals surface area contributed by atoms with Crippen LogP contribution >= 0.6 is 0 Å². The topological polar surface area (TPSA) is 95.1 Å². The van der Waals surface area contributed by atoms with E-state index in [1.807, 2.05) is 6.92 Å². The molecule has 3 rings (SSSR count). The maximum atomic E-state index is 12.7. The summed E-state index contributed by atoms with van der Waals surface area (Å²) in [7, 11) is 2.92. The lowest BCUT2D eigenvalue weighted by atomic mass is 10.1. The molecule has 0 fully saturated rings. The number of aryl methyl sites for hydroxylation is 1.